The molecule has 2 heteroatoms. The van der Waals surface area contributed by atoms with Crippen LogP contribution in [-0.4, -0.2) is 12.6 Å². The normalized spacial score (nSPS) is 11.4. The maximum Gasteiger partial charge on any atom is 0.305 e. The van der Waals surface area contributed by atoms with Crippen LogP contribution >= 0.6 is 0 Å². The molecule has 0 amide bonds. The zero-order chi connectivity index (χ0) is 25.7. The van der Waals surface area contributed by atoms with Crippen molar-refractivity contribution in [1.82, 2.24) is 0 Å². The van der Waals surface area contributed by atoms with E-state index >= 15 is 0 Å². The van der Waals surface area contributed by atoms with Gasteiger partial charge in [-0.25, -0.2) is 0 Å². The fourth-order valence-corrected chi connectivity index (χ4v) is 4.89. The van der Waals surface area contributed by atoms with Crippen molar-refractivity contribution in [2.24, 2.45) is 5.92 Å². The molecule has 0 fully saturated rings. The third-order valence-electron chi connectivity index (χ3n) is 7.44. The molecule has 0 aliphatic rings. The molecule has 0 saturated carbocycles. The van der Waals surface area contributed by atoms with E-state index in [0.29, 0.717) is 18.9 Å². The van der Waals surface area contributed by atoms with Gasteiger partial charge in [-0.05, 0) is 18.8 Å². The van der Waals surface area contributed by atoms with E-state index in [9.17, 15) is 4.79 Å². The molecular weight excluding hydrogens is 428 g/mol. The van der Waals surface area contributed by atoms with Gasteiger partial charge in [-0.1, -0.05) is 175 Å². The van der Waals surface area contributed by atoms with Crippen LogP contribution in [0.4, 0.5) is 0 Å². The van der Waals surface area contributed by atoms with Gasteiger partial charge in [0.25, 0.3) is 0 Å². The summed E-state index contributed by atoms with van der Waals surface area (Å²) in [6, 6.07) is 0. The van der Waals surface area contributed by atoms with Gasteiger partial charge in [0, 0.05) is 6.42 Å². The predicted molar refractivity (Wildman–Crippen MR) is 156 cm³/mol. The molecule has 0 aromatic heterocycles. The first-order valence-electron chi connectivity index (χ1n) is 16.3. The molecule has 0 aliphatic carbocycles. The Hall–Kier alpha value is -0.530. The molecule has 0 aromatic carbocycles. The van der Waals surface area contributed by atoms with Gasteiger partial charge >= 0.3 is 5.97 Å². The summed E-state index contributed by atoms with van der Waals surface area (Å²) in [6.45, 7) is 7.22. The summed E-state index contributed by atoms with van der Waals surface area (Å²) >= 11 is 0. The number of hydrogen-bond acceptors (Lipinski definition) is 2. The Bertz CT molecular complexity index is 404. The lowest BCUT2D eigenvalue weighted by Gasteiger charge is -2.06. The van der Waals surface area contributed by atoms with Crippen LogP contribution < -0.4 is 0 Å². The fraction of sp³-hybridized carbons (Fsp3) is 0.970. The van der Waals surface area contributed by atoms with Gasteiger partial charge < -0.3 is 4.74 Å². The van der Waals surface area contributed by atoms with Gasteiger partial charge in [-0.3, -0.25) is 4.79 Å². The highest BCUT2D eigenvalue weighted by Gasteiger charge is 2.03. The highest BCUT2D eigenvalue weighted by atomic mass is 16.5. The Morgan fingerprint density at radius 3 is 1.06 bits per heavy atom. The zero-order valence-electron chi connectivity index (χ0n) is 24.7. The monoisotopic (exact) mass is 495 g/mol. The van der Waals surface area contributed by atoms with Gasteiger partial charge in [-0.15, -0.1) is 0 Å². The Balaban J connectivity index is 3.08. The summed E-state index contributed by atoms with van der Waals surface area (Å²) in [6.07, 6.45) is 36.8. The number of esters is 1. The van der Waals surface area contributed by atoms with Crippen LogP contribution in [-0.2, 0) is 9.53 Å². The highest BCUT2D eigenvalue weighted by molar-refractivity contribution is 5.69. The van der Waals surface area contributed by atoms with E-state index in [1.54, 1.807) is 0 Å². The molecule has 2 nitrogen and oxygen atoms in total. The van der Waals surface area contributed by atoms with Crippen molar-refractivity contribution < 1.29 is 9.53 Å². The topological polar surface area (TPSA) is 26.3 Å². The molecule has 0 aromatic rings. The smallest absolute Gasteiger partial charge is 0.305 e. The molecule has 0 bridgehead atoms. The molecule has 0 unspecified atom stereocenters. The van der Waals surface area contributed by atoms with Crippen LogP contribution in [0.5, 0.6) is 0 Å². The minimum atomic E-state index is -0.000246. The maximum atomic E-state index is 11.6. The van der Waals surface area contributed by atoms with Crippen LogP contribution in [0.2, 0.25) is 0 Å². The van der Waals surface area contributed by atoms with Crippen molar-refractivity contribution >= 4 is 5.97 Å². The fourth-order valence-electron chi connectivity index (χ4n) is 4.89. The lowest BCUT2D eigenvalue weighted by Crippen LogP contribution is -2.07. The number of carbonyl (C=O) groups is 1. The van der Waals surface area contributed by atoms with Crippen LogP contribution in [0.15, 0.2) is 0 Å². The van der Waals surface area contributed by atoms with E-state index in [4.69, 9.17) is 4.74 Å². The molecule has 0 saturated heterocycles. The average molecular weight is 495 g/mol. The standard InChI is InChI=1S/C33H66O2/c1-4-5-6-7-8-9-10-11-12-13-14-15-16-17-18-19-20-21-22-23-24-25-26-27-28-29-33(34)35-31-30-32(2)3/h32H,4-31H2,1-3H3. The minimum absolute atomic E-state index is 0.000246. The van der Waals surface area contributed by atoms with E-state index in [-0.39, 0.29) is 5.97 Å². The molecule has 0 spiro atoms. The summed E-state index contributed by atoms with van der Waals surface area (Å²) in [7, 11) is 0. The van der Waals surface area contributed by atoms with Gasteiger partial charge in [-0.2, -0.15) is 0 Å². The van der Waals surface area contributed by atoms with Gasteiger partial charge in [0.1, 0.15) is 0 Å². The number of ether oxygens (including phenoxy) is 1. The minimum Gasteiger partial charge on any atom is -0.466 e. The molecule has 0 rings (SSSR count). The first-order valence-corrected chi connectivity index (χ1v) is 16.3. The Morgan fingerprint density at radius 2 is 0.771 bits per heavy atom. The third-order valence-corrected chi connectivity index (χ3v) is 7.44. The molecule has 35 heavy (non-hydrogen) atoms. The number of carbonyl (C=O) groups excluding carboxylic acids is 1. The van der Waals surface area contributed by atoms with Crippen molar-refractivity contribution in [1.29, 1.82) is 0 Å². The largest absolute Gasteiger partial charge is 0.466 e. The van der Waals surface area contributed by atoms with E-state index < -0.39 is 0 Å². The predicted octanol–water partition coefficient (Wildman–Crippen LogP) is 11.7. The van der Waals surface area contributed by atoms with E-state index in [1.165, 1.54) is 154 Å². The molecule has 0 N–H and O–H groups in total. The van der Waals surface area contributed by atoms with Gasteiger partial charge in [0.2, 0.25) is 0 Å². The van der Waals surface area contributed by atoms with Crippen LogP contribution in [0.25, 0.3) is 0 Å². The molecule has 210 valence electrons. The van der Waals surface area contributed by atoms with Crippen molar-refractivity contribution in [2.45, 2.75) is 194 Å². The summed E-state index contributed by atoms with van der Waals surface area (Å²) in [4.78, 5) is 11.6. The number of rotatable bonds is 29. The number of unbranched alkanes of at least 4 members (excludes halogenated alkanes) is 24. The van der Waals surface area contributed by atoms with Crippen molar-refractivity contribution in [2.75, 3.05) is 6.61 Å². The quantitative estimate of drug-likeness (QED) is 0.0763. The summed E-state index contributed by atoms with van der Waals surface area (Å²) in [5.41, 5.74) is 0. The second-order valence-corrected chi connectivity index (χ2v) is 11.6. The highest BCUT2D eigenvalue weighted by Crippen LogP contribution is 2.16. The van der Waals surface area contributed by atoms with Crippen LogP contribution in [0, 0.1) is 5.92 Å². The van der Waals surface area contributed by atoms with E-state index in [1.807, 2.05) is 0 Å². The van der Waals surface area contributed by atoms with Crippen LogP contribution in [0.1, 0.15) is 194 Å². The lowest BCUT2D eigenvalue weighted by atomic mass is 10.0. The Morgan fingerprint density at radius 1 is 0.486 bits per heavy atom. The summed E-state index contributed by atoms with van der Waals surface area (Å²) in [5, 5.41) is 0. The average Bonchev–Trinajstić information content (AvgIpc) is 2.83. The summed E-state index contributed by atoms with van der Waals surface area (Å²) in [5.74, 6) is 0.608. The van der Waals surface area contributed by atoms with E-state index in [0.717, 1.165) is 12.8 Å². The second kappa shape index (κ2) is 29.7. The molecule has 0 atom stereocenters. The van der Waals surface area contributed by atoms with Gasteiger partial charge in [0.15, 0.2) is 0 Å². The number of hydrogen-bond donors (Lipinski definition) is 0. The lowest BCUT2D eigenvalue weighted by molar-refractivity contribution is -0.144. The second-order valence-electron chi connectivity index (χ2n) is 11.6. The van der Waals surface area contributed by atoms with Gasteiger partial charge in [0.05, 0.1) is 6.61 Å². The Labute approximate surface area is 222 Å². The Kier molecular flexibility index (Phi) is 29.2. The van der Waals surface area contributed by atoms with Crippen molar-refractivity contribution in [3.05, 3.63) is 0 Å². The van der Waals surface area contributed by atoms with E-state index in [2.05, 4.69) is 20.8 Å². The van der Waals surface area contributed by atoms with Crippen LogP contribution in [0.3, 0.4) is 0 Å². The molecule has 0 heterocycles. The third kappa shape index (κ3) is 31.4. The van der Waals surface area contributed by atoms with Crippen molar-refractivity contribution in [3.8, 4) is 0 Å². The maximum absolute atomic E-state index is 11.6. The first kappa shape index (κ1) is 34.5. The summed E-state index contributed by atoms with van der Waals surface area (Å²) < 4.78 is 5.27. The first-order chi connectivity index (χ1) is 17.2. The molecule has 0 aliphatic heterocycles. The molecule has 0 radical (unpaired) electrons. The molecular formula is C33H66O2. The SMILES string of the molecule is CCCCCCCCCCCCCCCCCCCCCCCCCCCC(=O)OCCC(C)C. The van der Waals surface area contributed by atoms with Crippen molar-refractivity contribution in [3.63, 3.8) is 0 Å². The zero-order valence-corrected chi connectivity index (χ0v) is 24.7.